The highest BCUT2D eigenvalue weighted by atomic mass is 35.5. The largest absolute Gasteiger partial charge is 0.465 e. The maximum Gasteiger partial charge on any atom is 0.256 e. The molecule has 2 heterocycles. The van der Waals surface area contributed by atoms with Crippen LogP contribution < -0.4 is 21.5 Å². The van der Waals surface area contributed by atoms with E-state index < -0.39 is 21.8 Å². The van der Waals surface area contributed by atoms with E-state index in [4.69, 9.17) is 16.0 Å². The fraction of sp³-hybridized carbons (Fsp3) is 0.400. The third-order valence-electron chi connectivity index (χ3n) is 7.40. The molecule has 0 saturated heterocycles. The second kappa shape index (κ2) is 7.50. The van der Waals surface area contributed by atoms with E-state index >= 15 is 0 Å². The Morgan fingerprint density at radius 3 is 2.21 bits per heavy atom. The fourth-order valence-corrected chi connectivity index (χ4v) is 4.82. The molecule has 1 aliphatic rings. The molecule has 34 heavy (non-hydrogen) atoms. The first-order valence-electron chi connectivity index (χ1n) is 11.2. The molecule has 2 N–H and O–H groups in total. The summed E-state index contributed by atoms with van der Waals surface area (Å²) in [6.45, 7) is 11.8. The summed E-state index contributed by atoms with van der Waals surface area (Å²) >= 11 is 6.47. The van der Waals surface area contributed by atoms with E-state index in [1.807, 2.05) is 61.5 Å². The second-order valence-electron chi connectivity index (χ2n) is 10.7. The van der Waals surface area contributed by atoms with Crippen molar-refractivity contribution in [2.24, 2.45) is 5.41 Å². The molecule has 7 nitrogen and oxygen atoms in total. The molecule has 0 aliphatic carbocycles. The number of carbonyl (C=O) groups is 1. The van der Waals surface area contributed by atoms with Crippen LogP contribution in [-0.4, -0.2) is 25.7 Å². The van der Waals surface area contributed by atoms with Gasteiger partial charge in [0, 0.05) is 17.6 Å². The van der Waals surface area contributed by atoms with Crippen LogP contribution in [0.1, 0.15) is 62.1 Å². The average molecular weight is 482 g/mol. The fourth-order valence-electron chi connectivity index (χ4n) is 4.43. The van der Waals surface area contributed by atoms with Crippen LogP contribution in [0.3, 0.4) is 0 Å². The molecule has 1 aliphatic heterocycles. The summed E-state index contributed by atoms with van der Waals surface area (Å²) in [4.78, 5) is 40.0. The van der Waals surface area contributed by atoms with Gasteiger partial charge < -0.3 is 20.0 Å². The highest BCUT2D eigenvalue weighted by molar-refractivity contribution is 6.32. The number of hydrogen-bond donors (Lipinski definition) is 2. The highest BCUT2D eigenvalue weighted by Gasteiger charge is 2.45. The lowest BCUT2D eigenvalue weighted by atomic mass is 9.59. The van der Waals surface area contributed by atoms with Crippen LogP contribution in [0.25, 0.3) is 0 Å². The van der Waals surface area contributed by atoms with Crippen molar-refractivity contribution in [3.63, 3.8) is 0 Å². The predicted octanol–water partition coefficient (Wildman–Crippen LogP) is 3.85. The SMILES string of the molecule is BC(Nc1c(Nc2ccc(Cl)c3c2C(=O)N(C)C3(C)C)c(=O)c1=O)(c1ccc(C)o1)C(C)(C)C. The van der Waals surface area contributed by atoms with Crippen LogP contribution in [-0.2, 0) is 11.0 Å². The Hall–Kier alpha value is -3.00. The van der Waals surface area contributed by atoms with Crippen LogP contribution >= 0.6 is 11.6 Å². The number of fused-ring (bicyclic) bond motifs is 1. The van der Waals surface area contributed by atoms with Gasteiger partial charge in [-0.05, 0) is 50.5 Å². The Morgan fingerprint density at radius 2 is 1.65 bits per heavy atom. The molecule has 1 aromatic heterocycles. The van der Waals surface area contributed by atoms with Gasteiger partial charge in [0.05, 0.1) is 22.2 Å². The molecule has 178 valence electrons. The molecule has 3 aromatic rings. The Kier molecular flexibility index (Phi) is 5.33. The van der Waals surface area contributed by atoms with Gasteiger partial charge in [-0.3, -0.25) is 14.4 Å². The number of furan rings is 1. The van der Waals surface area contributed by atoms with Crippen molar-refractivity contribution in [2.45, 2.75) is 52.5 Å². The van der Waals surface area contributed by atoms with E-state index in [0.717, 1.165) is 5.76 Å². The minimum Gasteiger partial charge on any atom is -0.465 e. The van der Waals surface area contributed by atoms with Crippen molar-refractivity contribution < 1.29 is 9.21 Å². The molecule has 0 radical (unpaired) electrons. The van der Waals surface area contributed by atoms with Crippen molar-refractivity contribution >= 4 is 42.4 Å². The first-order valence-corrected chi connectivity index (χ1v) is 11.6. The zero-order valence-electron chi connectivity index (χ0n) is 20.8. The van der Waals surface area contributed by atoms with E-state index in [0.29, 0.717) is 27.6 Å². The summed E-state index contributed by atoms with van der Waals surface area (Å²) < 4.78 is 5.92. The Balaban J connectivity index is 1.79. The van der Waals surface area contributed by atoms with Gasteiger partial charge in [0.2, 0.25) is 0 Å². The van der Waals surface area contributed by atoms with Crippen molar-refractivity contribution in [3.8, 4) is 0 Å². The molecule has 0 fully saturated rings. The molecule has 0 saturated carbocycles. The maximum atomic E-state index is 13.1. The monoisotopic (exact) mass is 481 g/mol. The Bertz CT molecular complexity index is 1390. The third kappa shape index (κ3) is 3.30. The molecule has 0 spiro atoms. The number of hydrogen-bond acceptors (Lipinski definition) is 6. The minimum atomic E-state index is -0.792. The molecule has 4 rings (SSSR count). The van der Waals surface area contributed by atoms with E-state index in [1.54, 1.807) is 24.1 Å². The number of aryl methyl sites for hydroxylation is 1. The smallest absolute Gasteiger partial charge is 0.256 e. The van der Waals surface area contributed by atoms with Crippen LogP contribution in [0.5, 0.6) is 0 Å². The van der Waals surface area contributed by atoms with Crippen LogP contribution in [0, 0.1) is 12.3 Å². The van der Waals surface area contributed by atoms with Crippen molar-refractivity contribution in [3.05, 3.63) is 72.4 Å². The number of benzene rings is 1. The molecule has 1 amide bonds. The van der Waals surface area contributed by atoms with Crippen molar-refractivity contribution in [1.29, 1.82) is 0 Å². The van der Waals surface area contributed by atoms with Gasteiger partial charge in [0.1, 0.15) is 30.7 Å². The van der Waals surface area contributed by atoms with Crippen LogP contribution in [0.4, 0.5) is 17.1 Å². The summed E-state index contributed by atoms with van der Waals surface area (Å²) in [6, 6.07) is 7.09. The standard InChI is InChI=1S/C25H29BClN3O4/c1-12-8-11-15(34-12)25(26,23(2,3)4)29-19-18(20(31)21(19)32)28-14-10-9-13(27)17-16(14)22(33)30(7)24(17,5)6/h8-11,28-29H,26H2,1-7H3. The van der Waals surface area contributed by atoms with Gasteiger partial charge in [0.25, 0.3) is 16.8 Å². The molecular formula is C25H29BClN3O4. The number of nitrogens with one attached hydrogen (secondary N) is 2. The lowest BCUT2D eigenvalue weighted by Gasteiger charge is -2.42. The maximum absolute atomic E-state index is 13.1. The lowest BCUT2D eigenvalue weighted by molar-refractivity contribution is 0.0692. The number of anilines is 3. The van der Waals surface area contributed by atoms with Crippen LogP contribution in [0.15, 0.2) is 38.3 Å². The average Bonchev–Trinajstić information content (AvgIpc) is 3.27. The van der Waals surface area contributed by atoms with Gasteiger partial charge in [-0.2, -0.15) is 0 Å². The van der Waals surface area contributed by atoms with Crippen molar-refractivity contribution in [1.82, 2.24) is 4.90 Å². The zero-order chi connectivity index (χ0) is 25.4. The molecule has 1 atom stereocenters. The molecule has 9 heteroatoms. The summed E-state index contributed by atoms with van der Waals surface area (Å²) in [5.74, 6) is 1.20. The normalized spacial score (nSPS) is 17.1. The van der Waals surface area contributed by atoms with Gasteiger partial charge in [-0.1, -0.05) is 32.4 Å². The first kappa shape index (κ1) is 24.1. The number of rotatable bonds is 5. The predicted molar refractivity (Wildman–Crippen MR) is 138 cm³/mol. The van der Waals surface area contributed by atoms with Gasteiger partial charge in [0.15, 0.2) is 0 Å². The second-order valence-corrected chi connectivity index (χ2v) is 11.1. The highest BCUT2D eigenvalue weighted by Crippen LogP contribution is 2.46. The summed E-state index contributed by atoms with van der Waals surface area (Å²) in [7, 11) is 3.65. The number of nitrogens with zero attached hydrogens (tertiary/aromatic N) is 1. The third-order valence-corrected chi connectivity index (χ3v) is 7.72. The lowest BCUT2D eigenvalue weighted by Crippen LogP contribution is -2.51. The van der Waals surface area contributed by atoms with E-state index in [1.165, 1.54) is 0 Å². The van der Waals surface area contributed by atoms with Gasteiger partial charge in [-0.25, -0.2) is 0 Å². The molecule has 2 aromatic carbocycles. The topological polar surface area (TPSA) is 91.6 Å². The number of carbonyl (C=O) groups excluding carboxylic acids is 1. The van der Waals surface area contributed by atoms with Crippen molar-refractivity contribution in [2.75, 3.05) is 17.7 Å². The Labute approximate surface area is 204 Å². The van der Waals surface area contributed by atoms with Gasteiger partial charge >= 0.3 is 0 Å². The first-order chi connectivity index (χ1) is 15.6. The van der Waals surface area contributed by atoms with Crippen LogP contribution in [0.2, 0.25) is 5.02 Å². The minimum absolute atomic E-state index is 0.119. The molecular weight excluding hydrogens is 453 g/mol. The van der Waals surface area contributed by atoms with E-state index in [9.17, 15) is 14.4 Å². The summed E-state index contributed by atoms with van der Waals surface area (Å²) in [5.41, 5.74) is -1.23. The van der Waals surface area contributed by atoms with Gasteiger partial charge in [-0.15, -0.1) is 0 Å². The zero-order valence-corrected chi connectivity index (χ0v) is 21.5. The van der Waals surface area contributed by atoms with E-state index in [-0.39, 0.29) is 22.7 Å². The summed E-state index contributed by atoms with van der Waals surface area (Å²) in [5, 5.41) is 6.83. The number of amides is 1. The molecule has 0 bridgehead atoms. The number of halogens is 1. The molecule has 1 unspecified atom stereocenters. The summed E-state index contributed by atoms with van der Waals surface area (Å²) in [6.07, 6.45) is 0. The quantitative estimate of drug-likeness (QED) is 0.425. The van der Waals surface area contributed by atoms with E-state index in [2.05, 4.69) is 10.6 Å². The Morgan fingerprint density at radius 1 is 1.03 bits per heavy atom.